The van der Waals surface area contributed by atoms with E-state index >= 15 is 0 Å². The molecule has 4 aromatic rings. The molecule has 2 atom stereocenters. The lowest BCUT2D eigenvalue weighted by Crippen LogP contribution is -2.58. The smallest absolute Gasteiger partial charge is 0.326 e. The van der Waals surface area contributed by atoms with Crippen LogP contribution in [0.4, 0.5) is 0 Å². The zero-order valence-electron chi connectivity index (χ0n) is 21.5. The standard InChI is InChI=1S/C29H27Cl2N3O5S/c1-29(11-3-13-34(29)40(38,39)23-16-21(30)15-22(31)17-23)28(37)33-25(27(35)36)14-18-6-8-19(9-7-18)24-5-2-4-20-10-12-32-26(20)24/h2,4-10,12,15-17,25,32H,3,11,13-14H2,1H3,(H,33,37)(H,35,36)/t25?,29-/m0/s1. The predicted octanol–water partition coefficient (Wildman–Crippen LogP) is 5.50. The zero-order valence-corrected chi connectivity index (χ0v) is 23.9. The number of halogens is 2. The minimum Gasteiger partial charge on any atom is -0.480 e. The van der Waals surface area contributed by atoms with Gasteiger partial charge in [-0.2, -0.15) is 4.31 Å². The molecule has 1 aliphatic heterocycles. The third-order valence-electron chi connectivity index (χ3n) is 7.38. The summed E-state index contributed by atoms with van der Waals surface area (Å²) >= 11 is 12.1. The molecule has 2 heterocycles. The van der Waals surface area contributed by atoms with Gasteiger partial charge in [0.05, 0.1) is 10.4 Å². The summed E-state index contributed by atoms with van der Waals surface area (Å²) in [5, 5.41) is 13.9. The first-order chi connectivity index (χ1) is 19.0. The number of carboxylic acid groups (broad SMARTS) is 1. The fraction of sp³-hybridized carbons (Fsp3) is 0.241. The number of fused-ring (bicyclic) bond motifs is 1. The molecule has 1 aromatic heterocycles. The second kappa shape index (κ2) is 10.9. The second-order valence-corrected chi connectivity index (χ2v) is 12.8. The number of nitrogens with zero attached hydrogens (tertiary/aromatic N) is 1. The summed E-state index contributed by atoms with van der Waals surface area (Å²) in [6.07, 6.45) is 2.58. The van der Waals surface area contributed by atoms with E-state index < -0.39 is 33.5 Å². The molecule has 3 N–H and O–H groups in total. The van der Waals surface area contributed by atoms with Gasteiger partial charge in [-0.15, -0.1) is 0 Å². The van der Waals surface area contributed by atoms with Crippen LogP contribution in [0.5, 0.6) is 0 Å². The predicted molar refractivity (Wildman–Crippen MR) is 155 cm³/mol. The van der Waals surface area contributed by atoms with Crippen LogP contribution in [-0.4, -0.2) is 52.8 Å². The number of benzene rings is 3. The van der Waals surface area contributed by atoms with Crippen LogP contribution in [0, 0.1) is 0 Å². The maximum absolute atomic E-state index is 13.5. The minimum atomic E-state index is -4.14. The molecule has 8 nitrogen and oxygen atoms in total. The molecule has 208 valence electrons. The van der Waals surface area contributed by atoms with Crippen LogP contribution >= 0.6 is 23.2 Å². The largest absolute Gasteiger partial charge is 0.480 e. The number of H-pyrrole nitrogens is 1. The third kappa shape index (κ3) is 5.34. The van der Waals surface area contributed by atoms with E-state index in [1.807, 2.05) is 54.7 Å². The van der Waals surface area contributed by atoms with Crippen LogP contribution in [0.3, 0.4) is 0 Å². The van der Waals surface area contributed by atoms with Gasteiger partial charge in [-0.25, -0.2) is 13.2 Å². The van der Waals surface area contributed by atoms with Gasteiger partial charge in [-0.1, -0.05) is 65.7 Å². The van der Waals surface area contributed by atoms with Crippen molar-refractivity contribution in [2.45, 2.75) is 42.7 Å². The normalized spacial score (nSPS) is 18.6. The molecule has 1 unspecified atom stereocenters. The van der Waals surface area contributed by atoms with Crippen molar-refractivity contribution < 1.29 is 23.1 Å². The fourth-order valence-electron chi connectivity index (χ4n) is 5.25. The van der Waals surface area contributed by atoms with Gasteiger partial charge in [0.25, 0.3) is 0 Å². The average molecular weight is 601 g/mol. The topological polar surface area (TPSA) is 120 Å². The van der Waals surface area contributed by atoms with E-state index in [0.29, 0.717) is 12.0 Å². The van der Waals surface area contributed by atoms with Crippen molar-refractivity contribution in [1.82, 2.24) is 14.6 Å². The number of amides is 1. The Hall–Kier alpha value is -3.37. The number of rotatable bonds is 8. The number of sulfonamides is 1. The Balaban J connectivity index is 1.34. The summed E-state index contributed by atoms with van der Waals surface area (Å²) in [5.74, 6) is -1.89. The van der Waals surface area contributed by atoms with Crippen molar-refractivity contribution in [3.05, 3.63) is 88.5 Å². The highest BCUT2D eigenvalue weighted by Crippen LogP contribution is 2.36. The monoisotopic (exact) mass is 599 g/mol. The molecular formula is C29H27Cl2N3O5S. The lowest BCUT2D eigenvalue weighted by molar-refractivity contribution is -0.143. The first kappa shape index (κ1) is 28.2. The van der Waals surface area contributed by atoms with Crippen LogP contribution in [0.25, 0.3) is 22.0 Å². The van der Waals surface area contributed by atoms with E-state index in [-0.39, 0.29) is 34.3 Å². The maximum atomic E-state index is 13.5. The van der Waals surface area contributed by atoms with E-state index in [9.17, 15) is 23.1 Å². The van der Waals surface area contributed by atoms with Gasteiger partial charge in [0.1, 0.15) is 11.6 Å². The van der Waals surface area contributed by atoms with Crippen molar-refractivity contribution in [1.29, 1.82) is 0 Å². The molecule has 5 rings (SSSR count). The number of nitrogens with one attached hydrogen (secondary N) is 2. The molecule has 0 radical (unpaired) electrons. The van der Waals surface area contributed by atoms with E-state index in [1.54, 1.807) is 0 Å². The lowest BCUT2D eigenvalue weighted by atomic mass is 9.97. The van der Waals surface area contributed by atoms with Crippen LogP contribution < -0.4 is 5.32 Å². The first-order valence-corrected chi connectivity index (χ1v) is 14.9. The summed E-state index contributed by atoms with van der Waals surface area (Å²) < 4.78 is 28.1. The number of para-hydroxylation sites is 1. The molecule has 0 bridgehead atoms. The molecule has 1 aliphatic rings. The number of aliphatic carboxylic acids is 1. The summed E-state index contributed by atoms with van der Waals surface area (Å²) in [7, 11) is -4.14. The lowest BCUT2D eigenvalue weighted by Gasteiger charge is -2.34. The summed E-state index contributed by atoms with van der Waals surface area (Å²) in [6, 6.07) is 18.2. The Morgan fingerprint density at radius 1 is 1.07 bits per heavy atom. The quantitative estimate of drug-likeness (QED) is 0.247. The van der Waals surface area contributed by atoms with E-state index in [1.165, 1.54) is 25.1 Å². The Labute approximate surface area is 242 Å². The zero-order chi connectivity index (χ0) is 28.7. The number of carbonyl (C=O) groups excluding carboxylic acids is 1. The van der Waals surface area contributed by atoms with Gasteiger partial charge < -0.3 is 15.4 Å². The number of hydrogen-bond donors (Lipinski definition) is 3. The van der Waals surface area contributed by atoms with Crippen molar-refractivity contribution >= 4 is 56.0 Å². The van der Waals surface area contributed by atoms with Crippen molar-refractivity contribution in [2.24, 2.45) is 0 Å². The molecule has 1 fully saturated rings. The number of aromatic amines is 1. The van der Waals surface area contributed by atoms with E-state index in [0.717, 1.165) is 26.3 Å². The minimum absolute atomic E-state index is 0.0286. The van der Waals surface area contributed by atoms with Gasteiger partial charge in [0, 0.05) is 34.8 Å². The van der Waals surface area contributed by atoms with Crippen molar-refractivity contribution in [2.75, 3.05) is 6.54 Å². The molecule has 0 saturated carbocycles. The molecule has 40 heavy (non-hydrogen) atoms. The summed E-state index contributed by atoms with van der Waals surface area (Å²) in [5.41, 5.74) is 2.22. The number of carboxylic acids is 1. The van der Waals surface area contributed by atoms with Gasteiger partial charge >= 0.3 is 5.97 Å². The second-order valence-electron chi connectivity index (χ2n) is 10.1. The fourth-order valence-corrected chi connectivity index (χ4v) is 7.79. The first-order valence-electron chi connectivity index (χ1n) is 12.7. The molecular weight excluding hydrogens is 573 g/mol. The SMILES string of the molecule is C[C@@]1(C(=O)NC(Cc2ccc(-c3cccc4cc[nH]c34)cc2)C(=O)O)CCCN1S(=O)(=O)c1cc(Cl)cc(Cl)c1. The van der Waals surface area contributed by atoms with Gasteiger partial charge in [0.2, 0.25) is 15.9 Å². The Morgan fingerprint density at radius 3 is 2.45 bits per heavy atom. The van der Waals surface area contributed by atoms with E-state index in [4.69, 9.17) is 23.2 Å². The molecule has 0 spiro atoms. The molecule has 11 heteroatoms. The van der Waals surface area contributed by atoms with Gasteiger partial charge in [-0.05, 0) is 60.5 Å². The third-order valence-corrected chi connectivity index (χ3v) is 9.82. The summed E-state index contributed by atoms with van der Waals surface area (Å²) in [6.45, 7) is 1.61. The van der Waals surface area contributed by atoms with Crippen LogP contribution in [0.1, 0.15) is 25.3 Å². The van der Waals surface area contributed by atoms with Crippen LogP contribution in [0.2, 0.25) is 10.0 Å². The number of aromatic nitrogens is 1. The number of hydrogen-bond acceptors (Lipinski definition) is 4. The van der Waals surface area contributed by atoms with Crippen molar-refractivity contribution in [3.63, 3.8) is 0 Å². The molecule has 1 saturated heterocycles. The van der Waals surface area contributed by atoms with Crippen LogP contribution in [0.15, 0.2) is 77.8 Å². The van der Waals surface area contributed by atoms with Crippen molar-refractivity contribution in [3.8, 4) is 11.1 Å². The average Bonchev–Trinajstić information content (AvgIpc) is 3.56. The molecule has 0 aliphatic carbocycles. The van der Waals surface area contributed by atoms with Gasteiger partial charge in [-0.3, -0.25) is 4.79 Å². The maximum Gasteiger partial charge on any atom is 0.326 e. The highest BCUT2D eigenvalue weighted by Gasteiger charge is 2.50. The molecule has 3 aromatic carbocycles. The summed E-state index contributed by atoms with van der Waals surface area (Å²) in [4.78, 5) is 28.8. The molecule has 1 amide bonds. The van der Waals surface area contributed by atoms with Gasteiger partial charge in [0.15, 0.2) is 0 Å². The Kier molecular flexibility index (Phi) is 7.67. The van der Waals surface area contributed by atoms with Crippen LogP contribution in [-0.2, 0) is 26.0 Å². The number of carbonyl (C=O) groups is 2. The highest BCUT2D eigenvalue weighted by atomic mass is 35.5. The Morgan fingerprint density at radius 2 is 1.77 bits per heavy atom. The highest BCUT2D eigenvalue weighted by molar-refractivity contribution is 7.89. The van der Waals surface area contributed by atoms with E-state index in [2.05, 4.69) is 10.3 Å². The Bertz CT molecular complexity index is 1680.